The number of esters is 1. The van der Waals surface area contributed by atoms with Gasteiger partial charge in [-0.15, -0.1) is 0 Å². The molecule has 0 saturated carbocycles. The minimum absolute atomic E-state index is 0.0948. The lowest BCUT2D eigenvalue weighted by atomic mass is 9.93. The van der Waals surface area contributed by atoms with E-state index in [4.69, 9.17) is 9.47 Å². The molecular weight excluding hydrogens is 172 g/mol. The Morgan fingerprint density at radius 3 is 3.00 bits per heavy atom. The lowest BCUT2D eigenvalue weighted by Gasteiger charge is -2.27. The molecule has 2 rings (SSSR count). The minimum Gasteiger partial charge on any atom is -0.462 e. The first-order chi connectivity index (χ1) is 5.98. The fourth-order valence-electron chi connectivity index (χ4n) is 2.10. The summed E-state index contributed by atoms with van der Waals surface area (Å²) in [6, 6.07) is 0. The highest BCUT2D eigenvalue weighted by molar-refractivity contribution is 5.74. The Kier molecular flexibility index (Phi) is 1.85. The van der Waals surface area contributed by atoms with Crippen molar-refractivity contribution < 1.29 is 19.4 Å². The van der Waals surface area contributed by atoms with Crippen LogP contribution < -0.4 is 0 Å². The van der Waals surface area contributed by atoms with Crippen LogP contribution in [0.4, 0.5) is 0 Å². The van der Waals surface area contributed by atoms with E-state index in [1.165, 1.54) is 0 Å². The highest BCUT2D eigenvalue weighted by Crippen LogP contribution is 2.39. The topological polar surface area (TPSA) is 55.8 Å². The third-order valence-electron chi connectivity index (χ3n) is 2.64. The Labute approximate surface area is 76.8 Å². The fourth-order valence-corrected chi connectivity index (χ4v) is 2.10. The summed E-state index contributed by atoms with van der Waals surface area (Å²) < 4.78 is 10.4. The second-order valence-corrected chi connectivity index (χ2v) is 4.13. The van der Waals surface area contributed by atoms with Gasteiger partial charge in [-0.1, -0.05) is 0 Å². The summed E-state index contributed by atoms with van der Waals surface area (Å²) in [5.41, 5.74) is 0. The molecule has 0 aliphatic carbocycles. The second-order valence-electron chi connectivity index (χ2n) is 4.13. The molecule has 0 radical (unpaired) electrons. The lowest BCUT2D eigenvalue weighted by molar-refractivity contribution is -0.191. The molecule has 2 heterocycles. The largest absolute Gasteiger partial charge is 0.462 e. The molecule has 0 aromatic carbocycles. The number of ether oxygens (including phenoxy) is 2. The molecule has 74 valence electrons. The highest BCUT2D eigenvalue weighted by Gasteiger charge is 2.49. The zero-order valence-corrected chi connectivity index (χ0v) is 7.82. The van der Waals surface area contributed by atoms with Gasteiger partial charge in [-0.2, -0.15) is 0 Å². The van der Waals surface area contributed by atoms with Crippen molar-refractivity contribution in [1.82, 2.24) is 0 Å². The van der Waals surface area contributed by atoms with Crippen LogP contribution in [0.15, 0.2) is 0 Å². The van der Waals surface area contributed by atoms with Crippen LogP contribution in [0.3, 0.4) is 0 Å². The monoisotopic (exact) mass is 186 g/mol. The van der Waals surface area contributed by atoms with Crippen LogP contribution in [-0.2, 0) is 14.3 Å². The molecule has 0 aromatic rings. The Hall–Kier alpha value is -0.610. The van der Waals surface area contributed by atoms with Crippen molar-refractivity contribution in [2.24, 2.45) is 5.92 Å². The number of aliphatic hydroxyl groups is 1. The van der Waals surface area contributed by atoms with Gasteiger partial charge in [0, 0.05) is 12.8 Å². The summed E-state index contributed by atoms with van der Waals surface area (Å²) in [6.07, 6.45) is 0.782. The van der Waals surface area contributed by atoms with Crippen LogP contribution >= 0.6 is 0 Å². The number of hydrogen-bond donors (Lipinski definition) is 1. The molecule has 2 fully saturated rings. The maximum atomic E-state index is 11.4. The summed E-state index contributed by atoms with van der Waals surface area (Å²) in [5, 5.41) is 9.60. The van der Waals surface area contributed by atoms with E-state index >= 15 is 0 Å². The van der Waals surface area contributed by atoms with Crippen molar-refractivity contribution >= 4 is 5.97 Å². The van der Waals surface area contributed by atoms with E-state index in [0.29, 0.717) is 12.8 Å². The molecule has 2 aliphatic rings. The molecule has 2 aliphatic heterocycles. The fraction of sp³-hybridized carbons (Fsp3) is 0.889. The van der Waals surface area contributed by atoms with Gasteiger partial charge in [-0.25, -0.2) is 0 Å². The minimum atomic E-state index is -1.15. The molecule has 0 aromatic heterocycles. The average molecular weight is 186 g/mol. The molecular formula is C9H14O4. The molecule has 4 nitrogen and oxygen atoms in total. The van der Waals surface area contributed by atoms with Gasteiger partial charge in [0.1, 0.15) is 6.10 Å². The Morgan fingerprint density at radius 2 is 2.31 bits per heavy atom. The number of rotatable bonds is 0. The van der Waals surface area contributed by atoms with Crippen LogP contribution in [0.1, 0.15) is 26.7 Å². The zero-order valence-electron chi connectivity index (χ0n) is 7.82. The summed E-state index contributed by atoms with van der Waals surface area (Å²) in [7, 11) is 0. The van der Waals surface area contributed by atoms with Gasteiger partial charge in [0.2, 0.25) is 0 Å². The van der Waals surface area contributed by atoms with E-state index in [1.54, 1.807) is 6.92 Å². The molecule has 13 heavy (non-hydrogen) atoms. The van der Waals surface area contributed by atoms with Crippen molar-refractivity contribution in [2.75, 3.05) is 0 Å². The SMILES string of the molecule is C[C@H]1C[C@H]2OC(C)(O)C[C@H]2C(=O)O1. The highest BCUT2D eigenvalue weighted by atomic mass is 16.6. The number of fused-ring (bicyclic) bond motifs is 1. The molecule has 4 heteroatoms. The Bertz CT molecular complexity index is 236. The maximum absolute atomic E-state index is 11.4. The maximum Gasteiger partial charge on any atom is 0.312 e. The van der Waals surface area contributed by atoms with E-state index < -0.39 is 5.79 Å². The number of carbonyl (C=O) groups excluding carboxylic acids is 1. The van der Waals surface area contributed by atoms with Crippen LogP contribution in [0.2, 0.25) is 0 Å². The van der Waals surface area contributed by atoms with Gasteiger partial charge in [0.25, 0.3) is 0 Å². The van der Waals surface area contributed by atoms with Gasteiger partial charge < -0.3 is 14.6 Å². The first kappa shape index (κ1) is 8.97. The smallest absolute Gasteiger partial charge is 0.312 e. The van der Waals surface area contributed by atoms with Crippen molar-refractivity contribution in [3.63, 3.8) is 0 Å². The van der Waals surface area contributed by atoms with Crippen LogP contribution in [0.25, 0.3) is 0 Å². The van der Waals surface area contributed by atoms with Crippen LogP contribution in [0.5, 0.6) is 0 Å². The first-order valence-electron chi connectivity index (χ1n) is 4.59. The van der Waals surface area contributed by atoms with Gasteiger partial charge >= 0.3 is 5.97 Å². The van der Waals surface area contributed by atoms with E-state index in [-0.39, 0.29) is 24.1 Å². The first-order valence-corrected chi connectivity index (χ1v) is 4.59. The van der Waals surface area contributed by atoms with E-state index in [9.17, 15) is 9.90 Å². The Morgan fingerprint density at radius 1 is 1.62 bits per heavy atom. The predicted octanol–water partition coefficient (Wildman–Crippen LogP) is 0.435. The number of hydrogen-bond acceptors (Lipinski definition) is 4. The van der Waals surface area contributed by atoms with Crippen molar-refractivity contribution in [1.29, 1.82) is 0 Å². The summed E-state index contributed by atoms with van der Waals surface area (Å²) >= 11 is 0. The van der Waals surface area contributed by atoms with Gasteiger partial charge in [-0.05, 0) is 13.8 Å². The molecule has 2 saturated heterocycles. The lowest BCUT2D eigenvalue weighted by Crippen LogP contribution is -2.37. The van der Waals surface area contributed by atoms with Crippen LogP contribution in [0, 0.1) is 5.92 Å². The van der Waals surface area contributed by atoms with Crippen molar-refractivity contribution in [2.45, 2.75) is 44.7 Å². The average Bonchev–Trinajstić information content (AvgIpc) is 2.23. The van der Waals surface area contributed by atoms with Gasteiger partial charge in [-0.3, -0.25) is 4.79 Å². The normalized spacial score (nSPS) is 50.1. The van der Waals surface area contributed by atoms with E-state index in [1.807, 2.05) is 6.92 Å². The van der Waals surface area contributed by atoms with E-state index in [0.717, 1.165) is 0 Å². The van der Waals surface area contributed by atoms with E-state index in [2.05, 4.69) is 0 Å². The van der Waals surface area contributed by atoms with Gasteiger partial charge in [0.05, 0.1) is 12.0 Å². The zero-order chi connectivity index (χ0) is 9.64. The molecule has 0 amide bonds. The van der Waals surface area contributed by atoms with Crippen molar-refractivity contribution in [3.8, 4) is 0 Å². The predicted molar refractivity (Wildman–Crippen MR) is 43.8 cm³/mol. The van der Waals surface area contributed by atoms with Gasteiger partial charge in [0.15, 0.2) is 5.79 Å². The molecule has 0 spiro atoms. The summed E-state index contributed by atoms with van der Waals surface area (Å²) in [4.78, 5) is 11.4. The Balaban J connectivity index is 2.14. The van der Waals surface area contributed by atoms with Crippen LogP contribution in [-0.4, -0.2) is 29.1 Å². The molecule has 4 atom stereocenters. The third kappa shape index (κ3) is 1.56. The number of carbonyl (C=O) groups is 1. The molecule has 1 unspecified atom stereocenters. The quantitative estimate of drug-likeness (QED) is 0.557. The second kappa shape index (κ2) is 2.69. The summed E-state index contributed by atoms with van der Waals surface area (Å²) in [5.74, 6) is -1.66. The third-order valence-corrected chi connectivity index (χ3v) is 2.64. The molecule has 0 bridgehead atoms. The molecule has 1 N–H and O–H groups in total. The summed E-state index contributed by atoms with van der Waals surface area (Å²) in [6.45, 7) is 3.42. The standard InChI is InChI=1S/C9H14O4/c1-5-3-7-6(8(10)12-5)4-9(2,11)13-7/h5-7,11H,3-4H2,1-2H3/t5-,6+,7+,9?/m0/s1. The van der Waals surface area contributed by atoms with Crippen molar-refractivity contribution in [3.05, 3.63) is 0 Å². The number of cyclic esters (lactones) is 1.